The number of furan rings is 2. The third-order valence-electron chi connectivity index (χ3n) is 5.05. The van der Waals surface area contributed by atoms with Crippen molar-refractivity contribution in [3.63, 3.8) is 0 Å². The lowest BCUT2D eigenvalue weighted by Gasteiger charge is -2.10. The Morgan fingerprint density at radius 1 is 1.13 bits per heavy atom. The van der Waals surface area contributed by atoms with Crippen LogP contribution in [0.3, 0.4) is 0 Å². The zero-order valence-corrected chi connectivity index (χ0v) is 17.2. The summed E-state index contributed by atoms with van der Waals surface area (Å²) in [5.41, 5.74) is 5.65. The number of hydrogen-bond acceptors (Lipinski definition) is 4. The van der Waals surface area contributed by atoms with Crippen molar-refractivity contribution in [2.24, 2.45) is 0 Å². The first-order chi connectivity index (χ1) is 14.5. The lowest BCUT2D eigenvalue weighted by Crippen LogP contribution is -2.20. The fraction of sp³-hybridized carbons (Fsp3) is 0.160. The van der Waals surface area contributed by atoms with Crippen LogP contribution >= 0.6 is 0 Å². The quantitative estimate of drug-likeness (QED) is 0.419. The van der Waals surface area contributed by atoms with Gasteiger partial charge in [-0.05, 0) is 43.2 Å². The van der Waals surface area contributed by atoms with E-state index in [9.17, 15) is 4.79 Å². The molecule has 1 amide bonds. The van der Waals surface area contributed by atoms with Crippen LogP contribution in [0.2, 0.25) is 0 Å². The number of nitrogens with one attached hydrogen (secondary N) is 1. The number of rotatable bonds is 6. The summed E-state index contributed by atoms with van der Waals surface area (Å²) < 4.78 is 16.6. The Morgan fingerprint density at radius 3 is 2.63 bits per heavy atom. The molecule has 0 spiro atoms. The summed E-state index contributed by atoms with van der Waals surface area (Å²) in [5.74, 6) is 1.16. The van der Waals surface area contributed by atoms with Crippen molar-refractivity contribution in [1.29, 1.82) is 0 Å². The van der Waals surface area contributed by atoms with Crippen molar-refractivity contribution in [3.8, 4) is 16.9 Å². The first-order valence-corrected chi connectivity index (χ1v) is 9.70. The Kier molecular flexibility index (Phi) is 5.44. The van der Waals surface area contributed by atoms with E-state index < -0.39 is 0 Å². The van der Waals surface area contributed by atoms with E-state index in [2.05, 4.69) is 36.5 Å². The first kappa shape index (κ1) is 19.6. The highest BCUT2D eigenvalue weighted by Gasteiger charge is 2.15. The summed E-state index contributed by atoms with van der Waals surface area (Å²) in [7, 11) is 1.61. The number of aryl methyl sites for hydroxylation is 1. The number of carbonyl (C=O) groups is 1. The Bertz CT molecular complexity index is 1200. The summed E-state index contributed by atoms with van der Waals surface area (Å²) in [6.45, 7) is 4.29. The van der Waals surface area contributed by atoms with Gasteiger partial charge in [-0.3, -0.25) is 4.79 Å². The molecule has 0 saturated carbocycles. The first-order valence-electron chi connectivity index (χ1n) is 9.70. The van der Waals surface area contributed by atoms with Crippen molar-refractivity contribution in [2.75, 3.05) is 7.11 Å². The molecule has 0 unspecified atom stereocenters. The van der Waals surface area contributed by atoms with Crippen LogP contribution in [0.5, 0.6) is 5.75 Å². The van der Waals surface area contributed by atoms with E-state index >= 15 is 0 Å². The Hall–Kier alpha value is -3.73. The molecule has 1 N–H and O–H groups in total. The molecule has 0 saturated heterocycles. The SMILES string of the molecule is COc1cc2occ(-c3ccc(C)cc3)c2cc1/C(C)=C/C(=O)NCc1ccco1. The predicted molar refractivity (Wildman–Crippen MR) is 117 cm³/mol. The van der Waals surface area contributed by atoms with Crippen LogP contribution in [0, 0.1) is 6.92 Å². The molecular weight excluding hydrogens is 378 g/mol. The average Bonchev–Trinajstić information content (AvgIpc) is 3.41. The number of fused-ring (bicyclic) bond motifs is 1. The zero-order chi connectivity index (χ0) is 21.1. The summed E-state index contributed by atoms with van der Waals surface area (Å²) in [4.78, 5) is 12.4. The van der Waals surface area contributed by atoms with E-state index in [1.807, 2.05) is 25.1 Å². The number of amides is 1. The van der Waals surface area contributed by atoms with Crippen molar-refractivity contribution in [1.82, 2.24) is 5.32 Å². The molecule has 2 heterocycles. The molecule has 0 atom stereocenters. The maximum atomic E-state index is 12.4. The monoisotopic (exact) mass is 401 g/mol. The van der Waals surface area contributed by atoms with E-state index in [-0.39, 0.29) is 5.91 Å². The predicted octanol–water partition coefficient (Wildman–Crippen LogP) is 5.73. The standard InChI is InChI=1S/C25H23NO4/c1-16-6-8-18(9-7-16)22-15-30-24-13-23(28-3)20(12-21(22)24)17(2)11-25(27)26-14-19-5-4-10-29-19/h4-13,15H,14H2,1-3H3,(H,26,27)/b17-11+. The van der Waals surface area contributed by atoms with Crippen LogP contribution in [0.4, 0.5) is 0 Å². The molecule has 4 rings (SSSR count). The average molecular weight is 401 g/mol. The van der Waals surface area contributed by atoms with Gasteiger partial charge in [0.1, 0.15) is 17.1 Å². The molecule has 2 aromatic carbocycles. The highest BCUT2D eigenvalue weighted by atomic mass is 16.5. The third-order valence-corrected chi connectivity index (χ3v) is 5.05. The van der Waals surface area contributed by atoms with Crippen LogP contribution in [-0.4, -0.2) is 13.0 Å². The van der Waals surface area contributed by atoms with E-state index in [0.29, 0.717) is 18.1 Å². The molecule has 2 aromatic heterocycles. The molecule has 0 aliphatic carbocycles. The Balaban J connectivity index is 1.67. The summed E-state index contributed by atoms with van der Waals surface area (Å²) >= 11 is 0. The van der Waals surface area contributed by atoms with Gasteiger partial charge in [-0.1, -0.05) is 29.8 Å². The summed E-state index contributed by atoms with van der Waals surface area (Å²) in [6.07, 6.45) is 4.91. The molecule has 0 radical (unpaired) electrons. The van der Waals surface area contributed by atoms with Gasteiger partial charge in [0.25, 0.3) is 0 Å². The maximum absolute atomic E-state index is 12.4. The highest BCUT2D eigenvalue weighted by Crippen LogP contribution is 2.37. The molecule has 152 valence electrons. The molecular formula is C25H23NO4. The largest absolute Gasteiger partial charge is 0.496 e. The minimum atomic E-state index is -0.197. The molecule has 0 fully saturated rings. The fourth-order valence-electron chi connectivity index (χ4n) is 3.40. The molecule has 5 heteroatoms. The second kappa shape index (κ2) is 8.33. The maximum Gasteiger partial charge on any atom is 0.244 e. The number of hydrogen-bond donors (Lipinski definition) is 1. The van der Waals surface area contributed by atoms with Crippen molar-refractivity contribution in [3.05, 3.63) is 84.0 Å². The second-order valence-electron chi connectivity index (χ2n) is 7.19. The minimum absolute atomic E-state index is 0.197. The highest BCUT2D eigenvalue weighted by molar-refractivity contribution is 6.00. The minimum Gasteiger partial charge on any atom is -0.496 e. The zero-order valence-electron chi connectivity index (χ0n) is 17.2. The van der Waals surface area contributed by atoms with Gasteiger partial charge in [0.15, 0.2) is 0 Å². The molecule has 0 aliphatic heterocycles. The number of allylic oxidation sites excluding steroid dienone is 1. The normalized spacial score (nSPS) is 11.6. The van der Waals surface area contributed by atoms with Gasteiger partial charge in [-0.15, -0.1) is 0 Å². The number of carbonyl (C=O) groups excluding carboxylic acids is 1. The molecule has 0 bridgehead atoms. The molecule has 30 heavy (non-hydrogen) atoms. The van der Waals surface area contributed by atoms with Crippen LogP contribution in [0.25, 0.3) is 27.7 Å². The fourth-order valence-corrected chi connectivity index (χ4v) is 3.40. The summed E-state index contributed by atoms with van der Waals surface area (Å²) in [6, 6.07) is 15.8. The number of benzene rings is 2. The van der Waals surface area contributed by atoms with Gasteiger partial charge in [-0.25, -0.2) is 0 Å². The van der Waals surface area contributed by atoms with Crippen LogP contribution < -0.4 is 10.1 Å². The Labute approximate surface area is 175 Å². The van der Waals surface area contributed by atoms with E-state index in [1.54, 1.807) is 31.8 Å². The van der Waals surface area contributed by atoms with Crippen molar-refractivity contribution >= 4 is 22.4 Å². The van der Waals surface area contributed by atoms with Gasteiger partial charge in [-0.2, -0.15) is 0 Å². The van der Waals surface area contributed by atoms with Crippen molar-refractivity contribution in [2.45, 2.75) is 20.4 Å². The van der Waals surface area contributed by atoms with Gasteiger partial charge >= 0.3 is 0 Å². The second-order valence-corrected chi connectivity index (χ2v) is 7.19. The van der Waals surface area contributed by atoms with E-state index in [4.69, 9.17) is 13.6 Å². The number of methoxy groups -OCH3 is 1. The van der Waals surface area contributed by atoms with E-state index in [0.717, 1.165) is 33.2 Å². The van der Waals surface area contributed by atoms with Gasteiger partial charge in [0.05, 0.1) is 26.2 Å². The lowest BCUT2D eigenvalue weighted by atomic mass is 9.99. The molecule has 4 aromatic rings. The summed E-state index contributed by atoms with van der Waals surface area (Å²) in [5, 5.41) is 3.80. The molecule has 0 aliphatic rings. The van der Waals surface area contributed by atoms with Crippen LogP contribution in [0.15, 0.2) is 76.0 Å². The van der Waals surface area contributed by atoms with Gasteiger partial charge in [0, 0.05) is 28.7 Å². The number of ether oxygens (including phenoxy) is 1. The molecule has 5 nitrogen and oxygen atoms in total. The van der Waals surface area contributed by atoms with Crippen LogP contribution in [0.1, 0.15) is 23.8 Å². The van der Waals surface area contributed by atoms with E-state index in [1.165, 1.54) is 5.56 Å². The third kappa shape index (κ3) is 4.01. The smallest absolute Gasteiger partial charge is 0.244 e. The van der Waals surface area contributed by atoms with Gasteiger partial charge in [0.2, 0.25) is 5.91 Å². The van der Waals surface area contributed by atoms with Crippen LogP contribution in [-0.2, 0) is 11.3 Å². The van der Waals surface area contributed by atoms with Gasteiger partial charge < -0.3 is 18.9 Å². The Morgan fingerprint density at radius 2 is 1.93 bits per heavy atom. The van der Waals surface area contributed by atoms with Crippen molar-refractivity contribution < 1.29 is 18.4 Å². The topological polar surface area (TPSA) is 64.6 Å². The lowest BCUT2D eigenvalue weighted by molar-refractivity contribution is -0.116.